The van der Waals surface area contributed by atoms with Crippen LogP contribution in [-0.2, 0) is 9.53 Å². The van der Waals surface area contributed by atoms with Crippen LogP contribution in [0.5, 0.6) is 17.2 Å². The van der Waals surface area contributed by atoms with E-state index in [0.29, 0.717) is 34.1 Å². The fraction of sp³-hybridized carbons (Fsp3) is 0.0800. The lowest BCUT2D eigenvalue weighted by atomic mass is 9.97. The van der Waals surface area contributed by atoms with Gasteiger partial charge in [-0.2, -0.15) is 5.26 Å². The fourth-order valence-electron chi connectivity index (χ4n) is 3.51. The van der Waals surface area contributed by atoms with Crippen molar-refractivity contribution in [1.29, 1.82) is 5.26 Å². The third-order valence-electron chi connectivity index (χ3n) is 5.00. The van der Waals surface area contributed by atoms with Crippen molar-refractivity contribution in [2.24, 2.45) is 4.99 Å². The lowest BCUT2D eigenvalue weighted by Crippen LogP contribution is -2.08. The number of para-hydroxylation sites is 1. The van der Waals surface area contributed by atoms with E-state index >= 15 is 0 Å². The Morgan fingerprint density at radius 3 is 2.76 bits per heavy atom. The van der Waals surface area contributed by atoms with Crippen molar-refractivity contribution >= 4 is 34.5 Å². The number of carbonyl (C=O) groups is 1. The average molecular weight is 456 g/mol. The van der Waals surface area contributed by atoms with Gasteiger partial charge in [0.1, 0.15) is 17.6 Å². The number of benzene rings is 2. The minimum atomic E-state index is -0.515. The molecule has 2 aromatic carbocycles. The summed E-state index contributed by atoms with van der Waals surface area (Å²) >= 11 is 1.45. The molecule has 8 heteroatoms. The Bertz CT molecular complexity index is 1380. The Morgan fingerprint density at radius 1 is 1.09 bits per heavy atom. The molecule has 0 fully saturated rings. The highest BCUT2D eigenvalue weighted by Gasteiger charge is 2.31. The Kier molecular flexibility index (Phi) is 5.39. The summed E-state index contributed by atoms with van der Waals surface area (Å²) in [5, 5.41) is 10.7. The predicted octanol–water partition coefficient (Wildman–Crippen LogP) is 4.81. The molecule has 33 heavy (non-hydrogen) atoms. The molecule has 162 valence electrons. The van der Waals surface area contributed by atoms with Gasteiger partial charge in [0.25, 0.3) is 0 Å². The maximum absolute atomic E-state index is 12.8. The minimum absolute atomic E-state index is 0.0920. The van der Waals surface area contributed by atoms with Crippen LogP contribution in [0.2, 0.25) is 0 Å². The first-order chi connectivity index (χ1) is 16.2. The molecule has 0 saturated carbocycles. The molecule has 0 saturated heterocycles. The second-order valence-corrected chi connectivity index (χ2v) is 7.91. The van der Waals surface area contributed by atoms with Crippen molar-refractivity contribution in [3.8, 4) is 23.3 Å². The molecule has 3 heterocycles. The summed E-state index contributed by atoms with van der Waals surface area (Å²) in [6, 6.07) is 18.3. The van der Waals surface area contributed by atoms with Crippen LogP contribution in [0.1, 0.15) is 16.0 Å². The normalized spacial score (nSPS) is 16.7. The smallest absolute Gasteiger partial charge is 0.364 e. The maximum Gasteiger partial charge on any atom is 0.364 e. The zero-order chi connectivity index (χ0) is 22.8. The third-order valence-corrected chi connectivity index (χ3v) is 5.85. The minimum Gasteiger partial charge on any atom is -0.493 e. The molecule has 0 N–H and O–H groups in total. The van der Waals surface area contributed by atoms with Gasteiger partial charge in [-0.05, 0) is 41.8 Å². The van der Waals surface area contributed by atoms with Crippen molar-refractivity contribution in [2.45, 2.75) is 0 Å². The van der Waals surface area contributed by atoms with Crippen LogP contribution in [0.3, 0.4) is 0 Å². The number of esters is 1. The van der Waals surface area contributed by atoms with Gasteiger partial charge in [-0.25, -0.2) is 9.79 Å². The fourth-order valence-corrected chi connectivity index (χ4v) is 4.15. The molecule has 5 rings (SSSR count). The monoisotopic (exact) mass is 456 g/mol. The zero-order valence-corrected chi connectivity index (χ0v) is 18.2. The van der Waals surface area contributed by atoms with E-state index in [1.807, 2.05) is 47.8 Å². The van der Waals surface area contributed by atoms with Crippen molar-refractivity contribution in [2.75, 3.05) is 13.7 Å². The Hall–Kier alpha value is -4.35. The van der Waals surface area contributed by atoms with Gasteiger partial charge in [-0.1, -0.05) is 24.3 Å². The second-order valence-electron chi connectivity index (χ2n) is 6.97. The van der Waals surface area contributed by atoms with E-state index in [2.05, 4.69) is 4.99 Å². The molecule has 0 amide bonds. The first kappa shape index (κ1) is 20.5. The Morgan fingerprint density at radius 2 is 1.97 bits per heavy atom. The van der Waals surface area contributed by atoms with Crippen LogP contribution in [-0.4, -0.2) is 25.6 Å². The summed E-state index contributed by atoms with van der Waals surface area (Å²) in [6.07, 6.45) is 1.77. The number of aliphatic imine (C=N–C) groups is 1. The van der Waals surface area contributed by atoms with Crippen molar-refractivity contribution in [1.82, 2.24) is 0 Å². The predicted molar refractivity (Wildman–Crippen MR) is 123 cm³/mol. The molecule has 0 spiro atoms. The highest BCUT2D eigenvalue weighted by molar-refractivity contribution is 7.12. The molecule has 0 aliphatic carbocycles. The van der Waals surface area contributed by atoms with Gasteiger partial charge in [-0.15, -0.1) is 11.3 Å². The molecule has 0 unspecified atom stereocenters. The van der Waals surface area contributed by atoms with Crippen LogP contribution < -0.4 is 14.2 Å². The van der Waals surface area contributed by atoms with Crippen LogP contribution in [0.15, 0.2) is 76.7 Å². The number of methoxy groups -OCH3 is 1. The van der Waals surface area contributed by atoms with E-state index in [4.69, 9.17) is 24.2 Å². The van der Waals surface area contributed by atoms with Crippen molar-refractivity contribution < 1.29 is 23.7 Å². The van der Waals surface area contributed by atoms with Gasteiger partial charge in [0.05, 0.1) is 12.0 Å². The Labute approximate surface area is 193 Å². The molecule has 0 atom stereocenters. The van der Waals surface area contributed by atoms with Crippen LogP contribution >= 0.6 is 11.3 Å². The summed E-state index contributed by atoms with van der Waals surface area (Å²) in [5.41, 5.74) is 2.27. The number of nitrogens with zero attached hydrogens (tertiary/aromatic N) is 2. The number of thiophene rings is 1. The summed E-state index contributed by atoms with van der Waals surface area (Å²) in [4.78, 5) is 18.0. The molecule has 0 bridgehead atoms. The van der Waals surface area contributed by atoms with E-state index in [9.17, 15) is 4.79 Å². The molecule has 3 aromatic rings. The van der Waals surface area contributed by atoms with Gasteiger partial charge >= 0.3 is 5.97 Å². The molecular formula is C25H16N2O5S. The molecule has 0 radical (unpaired) electrons. The first-order valence-corrected chi connectivity index (χ1v) is 10.8. The number of hydrogen-bond donors (Lipinski definition) is 0. The topological polar surface area (TPSA) is 90.1 Å². The molecule has 2 aliphatic rings. The van der Waals surface area contributed by atoms with Gasteiger partial charge in [0.15, 0.2) is 23.8 Å². The van der Waals surface area contributed by atoms with E-state index in [0.717, 1.165) is 10.4 Å². The van der Waals surface area contributed by atoms with Gasteiger partial charge < -0.3 is 18.9 Å². The van der Waals surface area contributed by atoms with Crippen molar-refractivity contribution in [3.63, 3.8) is 0 Å². The lowest BCUT2D eigenvalue weighted by Gasteiger charge is -2.21. The first-order valence-electron chi connectivity index (χ1n) is 9.94. The molecular weight excluding hydrogens is 440 g/mol. The van der Waals surface area contributed by atoms with E-state index < -0.39 is 5.97 Å². The number of rotatable bonds is 5. The van der Waals surface area contributed by atoms with E-state index in [1.165, 1.54) is 18.4 Å². The number of hydrogen-bond acceptors (Lipinski definition) is 8. The second kappa shape index (κ2) is 8.65. The highest BCUT2D eigenvalue weighted by Crippen LogP contribution is 2.41. The number of carbonyl (C=O) groups excluding carboxylic acids is 1. The van der Waals surface area contributed by atoms with Gasteiger partial charge in [0, 0.05) is 16.7 Å². The number of fused-ring (bicyclic) bond motifs is 1. The summed E-state index contributed by atoms with van der Waals surface area (Å²) in [5.74, 6) is 1.78. The van der Waals surface area contributed by atoms with Gasteiger partial charge in [0.2, 0.25) is 5.90 Å². The van der Waals surface area contributed by atoms with Crippen LogP contribution in [0.25, 0.3) is 11.3 Å². The number of nitriles is 1. The number of ether oxygens (including phenoxy) is 4. The largest absolute Gasteiger partial charge is 0.493 e. The average Bonchev–Trinajstić information content (AvgIpc) is 3.52. The summed E-state index contributed by atoms with van der Waals surface area (Å²) in [7, 11) is 1.52. The number of allylic oxidation sites excluding steroid dienone is 2. The standard InChI is InChI=1S/C25H16N2O5S/c1-29-21-13-15(8-9-19(21)30-11-10-26)20-14-17(16-5-2-3-6-18(16)31-20)23-25(28)32-24(27-23)22-7-4-12-33-22/h2-9,12-14H,11H2,1H3/b23-17-. The quantitative estimate of drug-likeness (QED) is 0.404. The summed E-state index contributed by atoms with van der Waals surface area (Å²) in [6.45, 7) is -0.0920. The van der Waals surface area contributed by atoms with Crippen LogP contribution in [0.4, 0.5) is 0 Å². The zero-order valence-electron chi connectivity index (χ0n) is 17.4. The van der Waals surface area contributed by atoms with Crippen LogP contribution in [0, 0.1) is 11.3 Å². The molecule has 7 nitrogen and oxygen atoms in total. The number of cyclic esters (lactones) is 1. The van der Waals surface area contributed by atoms with E-state index in [-0.39, 0.29) is 18.2 Å². The SMILES string of the molecule is COc1cc(C2=C/C(=C3/N=C(c4cccs4)OC3=O)c3ccccc3O2)ccc1OCC#N. The molecule has 2 aliphatic heterocycles. The Balaban J connectivity index is 1.62. The van der Waals surface area contributed by atoms with Gasteiger partial charge in [-0.3, -0.25) is 0 Å². The maximum atomic E-state index is 12.8. The third kappa shape index (κ3) is 3.86. The van der Waals surface area contributed by atoms with E-state index in [1.54, 1.807) is 24.3 Å². The molecule has 1 aromatic heterocycles. The van der Waals surface area contributed by atoms with Crippen molar-refractivity contribution in [3.05, 3.63) is 87.8 Å². The summed E-state index contributed by atoms with van der Waals surface area (Å²) < 4.78 is 22.4. The lowest BCUT2D eigenvalue weighted by molar-refractivity contribution is -0.129. The highest BCUT2D eigenvalue weighted by atomic mass is 32.1.